The van der Waals surface area contributed by atoms with E-state index in [0.29, 0.717) is 6.04 Å². The van der Waals surface area contributed by atoms with Crippen molar-refractivity contribution in [2.45, 2.75) is 40.7 Å². The van der Waals surface area contributed by atoms with Gasteiger partial charge >= 0.3 is 0 Å². The molecule has 0 saturated carbocycles. The Morgan fingerprint density at radius 2 is 1.71 bits per heavy atom. The number of halogens is 1. The summed E-state index contributed by atoms with van der Waals surface area (Å²) < 4.78 is 1.21. The van der Waals surface area contributed by atoms with Crippen molar-refractivity contribution in [2.75, 3.05) is 6.54 Å². The smallest absolute Gasteiger partial charge is 0.0701 e. The molecule has 0 spiro atoms. The zero-order valence-corrected chi connectivity index (χ0v) is 13.9. The molecule has 0 aliphatic carbocycles. The summed E-state index contributed by atoms with van der Waals surface area (Å²) in [6, 6.07) is 4.78. The Hall–Kier alpha value is 0.140. The largest absolute Gasteiger partial charge is 0.309 e. The highest BCUT2D eigenvalue weighted by molar-refractivity contribution is 9.11. The van der Waals surface area contributed by atoms with Crippen LogP contribution in [0.15, 0.2) is 15.9 Å². The van der Waals surface area contributed by atoms with Crippen LogP contribution in [0.4, 0.5) is 0 Å². The molecular formula is C14H24BrNS. The van der Waals surface area contributed by atoms with Gasteiger partial charge in [-0.2, -0.15) is 0 Å². The van der Waals surface area contributed by atoms with Gasteiger partial charge in [0, 0.05) is 10.9 Å². The molecule has 1 aromatic heterocycles. The van der Waals surface area contributed by atoms with E-state index in [1.54, 1.807) is 0 Å². The summed E-state index contributed by atoms with van der Waals surface area (Å²) in [4.78, 5) is 1.41. The van der Waals surface area contributed by atoms with Gasteiger partial charge in [0.1, 0.15) is 0 Å². The molecule has 17 heavy (non-hydrogen) atoms. The second-order valence-electron chi connectivity index (χ2n) is 5.42. The zero-order valence-electron chi connectivity index (χ0n) is 11.5. The van der Waals surface area contributed by atoms with Crippen LogP contribution in [-0.2, 0) is 0 Å². The Balaban J connectivity index is 2.49. The third-order valence-corrected chi connectivity index (χ3v) is 5.20. The van der Waals surface area contributed by atoms with Crippen molar-refractivity contribution >= 4 is 27.3 Å². The van der Waals surface area contributed by atoms with Crippen LogP contribution in [0.1, 0.15) is 45.5 Å². The van der Waals surface area contributed by atoms with Gasteiger partial charge in [-0.3, -0.25) is 0 Å². The van der Waals surface area contributed by atoms with E-state index in [0.717, 1.165) is 24.3 Å². The van der Waals surface area contributed by atoms with Gasteiger partial charge in [0.25, 0.3) is 0 Å². The second kappa shape index (κ2) is 6.91. The summed E-state index contributed by atoms with van der Waals surface area (Å²) in [5, 5.41) is 3.66. The fourth-order valence-electron chi connectivity index (χ4n) is 2.22. The molecule has 1 unspecified atom stereocenters. The summed E-state index contributed by atoms with van der Waals surface area (Å²) in [5.74, 6) is 2.23. The molecule has 0 fully saturated rings. The van der Waals surface area contributed by atoms with Crippen LogP contribution in [0.5, 0.6) is 0 Å². The molecule has 1 rings (SSSR count). The maximum absolute atomic E-state index is 3.66. The minimum Gasteiger partial charge on any atom is -0.309 e. The van der Waals surface area contributed by atoms with Crippen LogP contribution in [0.3, 0.4) is 0 Å². The zero-order chi connectivity index (χ0) is 13.0. The quantitative estimate of drug-likeness (QED) is 0.770. The van der Waals surface area contributed by atoms with Crippen molar-refractivity contribution in [3.63, 3.8) is 0 Å². The summed E-state index contributed by atoms with van der Waals surface area (Å²) >= 11 is 5.34. The van der Waals surface area contributed by atoms with Gasteiger partial charge in [-0.05, 0) is 59.3 Å². The van der Waals surface area contributed by atoms with Crippen LogP contribution in [0.25, 0.3) is 0 Å². The molecule has 3 heteroatoms. The van der Waals surface area contributed by atoms with Crippen molar-refractivity contribution in [1.82, 2.24) is 5.32 Å². The predicted octanol–water partition coefficient (Wildman–Crippen LogP) is 5.09. The van der Waals surface area contributed by atoms with E-state index < -0.39 is 0 Å². The number of hydrogen-bond donors (Lipinski definition) is 1. The Morgan fingerprint density at radius 1 is 1.12 bits per heavy atom. The normalized spacial score (nSPS) is 13.9. The molecule has 0 aliphatic heterocycles. The third-order valence-electron chi connectivity index (χ3n) is 3.39. The Labute approximate surface area is 118 Å². The average Bonchev–Trinajstić information content (AvgIpc) is 2.63. The second-order valence-corrected chi connectivity index (χ2v) is 7.92. The molecule has 1 N–H and O–H groups in total. The van der Waals surface area contributed by atoms with Gasteiger partial charge in [-0.1, -0.05) is 27.7 Å². The first kappa shape index (κ1) is 15.2. The van der Waals surface area contributed by atoms with E-state index >= 15 is 0 Å². The first-order valence-corrected chi connectivity index (χ1v) is 8.01. The van der Waals surface area contributed by atoms with Crippen LogP contribution in [0, 0.1) is 17.8 Å². The van der Waals surface area contributed by atoms with Crippen LogP contribution in [-0.4, -0.2) is 6.54 Å². The molecule has 0 radical (unpaired) electrons. The van der Waals surface area contributed by atoms with Gasteiger partial charge in [-0.15, -0.1) is 11.3 Å². The molecule has 0 bridgehead atoms. The third kappa shape index (κ3) is 4.72. The highest BCUT2D eigenvalue weighted by Gasteiger charge is 2.18. The topological polar surface area (TPSA) is 12.0 Å². The van der Waals surface area contributed by atoms with Crippen molar-refractivity contribution in [3.05, 3.63) is 20.8 Å². The molecule has 0 amide bonds. The summed E-state index contributed by atoms with van der Waals surface area (Å²) in [6.07, 6.45) is 0. The van der Waals surface area contributed by atoms with E-state index in [4.69, 9.17) is 0 Å². The summed E-state index contributed by atoms with van der Waals surface area (Å²) in [7, 11) is 0. The number of nitrogens with one attached hydrogen (secondary N) is 1. The highest BCUT2D eigenvalue weighted by Crippen LogP contribution is 2.28. The van der Waals surface area contributed by atoms with E-state index in [-0.39, 0.29) is 0 Å². The molecular weight excluding hydrogens is 294 g/mol. The first-order chi connectivity index (χ1) is 7.91. The average molecular weight is 318 g/mol. The lowest BCUT2D eigenvalue weighted by Crippen LogP contribution is -2.31. The molecule has 1 aromatic rings. The SMILES string of the molecule is CC(NCC(C(C)C)C(C)C)c1ccc(Br)s1. The number of hydrogen-bond acceptors (Lipinski definition) is 2. The summed E-state index contributed by atoms with van der Waals surface area (Å²) in [5.41, 5.74) is 0. The molecule has 0 aliphatic rings. The van der Waals surface area contributed by atoms with E-state index in [9.17, 15) is 0 Å². The van der Waals surface area contributed by atoms with E-state index in [1.807, 2.05) is 11.3 Å². The first-order valence-electron chi connectivity index (χ1n) is 6.40. The van der Waals surface area contributed by atoms with Gasteiger partial charge in [-0.25, -0.2) is 0 Å². The molecule has 1 atom stereocenters. The van der Waals surface area contributed by atoms with Crippen LogP contribution in [0.2, 0.25) is 0 Å². The fourth-order valence-corrected chi connectivity index (χ4v) is 3.67. The molecule has 98 valence electrons. The minimum absolute atomic E-state index is 0.450. The molecule has 0 saturated heterocycles. The molecule has 0 aromatic carbocycles. The Bertz CT molecular complexity index is 325. The number of rotatable bonds is 6. The van der Waals surface area contributed by atoms with Gasteiger partial charge in [0.2, 0.25) is 0 Å². The van der Waals surface area contributed by atoms with Gasteiger partial charge in [0.05, 0.1) is 3.79 Å². The maximum Gasteiger partial charge on any atom is 0.0701 e. The van der Waals surface area contributed by atoms with Crippen LogP contribution >= 0.6 is 27.3 Å². The molecule has 1 nitrogen and oxygen atoms in total. The predicted molar refractivity (Wildman–Crippen MR) is 81.6 cm³/mol. The molecule has 1 heterocycles. The van der Waals surface area contributed by atoms with Gasteiger partial charge in [0.15, 0.2) is 0 Å². The highest BCUT2D eigenvalue weighted by atomic mass is 79.9. The van der Waals surface area contributed by atoms with E-state index in [2.05, 4.69) is 68.0 Å². The standard InChI is InChI=1S/C14H24BrNS/c1-9(2)12(10(3)4)8-16-11(5)13-6-7-14(15)17-13/h6-7,9-12,16H,8H2,1-5H3. The number of thiophene rings is 1. The minimum atomic E-state index is 0.450. The van der Waals surface area contributed by atoms with Gasteiger partial charge < -0.3 is 5.32 Å². The lowest BCUT2D eigenvalue weighted by atomic mass is 9.85. The van der Waals surface area contributed by atoms with Crippen molar-refractivity contribution < 1.29 is 0 Å². The van der Waals surface area contributed by atoms with E-state index in [1.165, 1.54) is 8.66 Å². The van der Waals surface area contributed by atoms with Crippen molar-refractivity contribution in [3.8, 4) is 0 Å². The Morgan fingerprint density at radius 3 is 2.12 bits per heavy atom. The fraction of sp³-hybridized carbons (Fsp3) is 0.714. The maximum atomic E-state index is 3.66. The van der Waals surface area contributed by atoms with Crippen molar-refractivity contribution in [1.29, 1.82) is 0 Å². The lowest BCUT2D eigenvalue weighted by Gasteiger charge is -2.26. The van der Waals surface area contributed by atoms with Crippen LogP contribution < -0.4 is 5.32 Å². The van der Waals surface area contributed by atoms with Crippen molar-refractivity contribution in [2.24, 2.45) is 17.8 Å². The lowest BCUT2D eigenvalue weighted by molar-refractivity contribution is 0.268. The summed E-state index contributed by atoms with van der Waals surface area (Å²) in [6.45, 7) is 12.6. The monoisotopic (exact) mass is 317 g/mol. The Kier molecular flexibility index (Phi) is 6.18.